The summed E-state index contributed by atoms with van der Waals surface area (Å²) in [7, 11) is 2.09. The minimum Gasteiger partial charge on any atom is -0.317 e. The third-order valence-electron chi connectivity index (χ3n) is 4.45. The molecule has 0 spiro atoms. The zero-order valence-corrected chi connectivity index (χ0v) is 13.4. The molecule has 1 nitrogen and oxygen atoms in total. The third-order valence-corrected chi connectivity index (χ3v) is 4.45. The van der Waals surface area contributed by atoms with E-state index in [2.05, 4.69) is 86.9 Å². The first-order valence-electron chi connectivity index (χ1n) is 8.05. The molecule has 0 aromatic heterocycles. The lowest BCUT2D eigenvalue weighted by atomic mass is 9.77. The molecule has 0 radical (unpaired) electrons. The SMILES string of the molecule is CCCC(NC)C(C)C(c1ccccc1)c1ccccc1. The zero-order valence-electron chi connectivity index (χ0n) is 13.4. The van der Waals surface area contributed by atoms with Gasteiger partial charge in [-0.3, -0.25) is 0 Å². The molecule has 0 heterocycles. The number of nitrogens with one attached hydrogen (secondary N) is 1. The molecule has 2 aromatic rings. The van der Waals surface area contributed by atoms with Crippen molar-refractivity contribution in [3.05, 3.63) is 71.8 Å². The lowest BCUT2D eigenvalue weighted by Gasteiger charge is -2.32. The van der Waals surface area contributed by atoms with Gasteiger partial charge in [-0.25, -0.2) is 0 Å². The Morgan fingerprint density at radius 2 is 1.33 bits per heavy atom. The lowest BCUT2D eigenvalue weighted by Crippen LogP contribution is -2.35. The van der Waals surface area contributed by atoms with Gasteiger partial charge in [-0.1, -0.05) is 80.9 Å². The fourth-order valence-corrected chi connectivity index (χ4v) is 3.33. The molecular weight excluding hydrogens is 254 g/mol. The van der Waals surface area contributed by atoms with E-state index in [0.29, 0.717) is 17.9 Å². The Kier molecular flexibility index (Phi) is 6.01. The Morgan fingerprint density at radius 1 is 0.857 bits per heavy atom. The van der Waals surface area contributed by atoms with E-state index in [-0.39, 0.29) is 0 Å². The Hall–Kier alpha value is -1.60. The topological polar surface area (TPSA) is 12.0 Å². The highest BCUT2D eigenvalue weighted by Crippen LogP contribution is 2.34. The molecule has 1 heteroatoms. The summed E-state index contributed by atoms with van der Waals surface area (Å²) < 4.78 is 0. The van der Waals surface area contributed by atoms with Crippen molar-refractivity contribution in [1.82, 2.24) is 5.32 Å². The standard InChI is InChI=1S/C20H27N/c1-4-11-19(21-3)16(2)20(17-12-7-5-8-13-17)18-14-9-6-10-15-18/h5-10,12-16,19-21H,4,11H2,1-3H3. The smallest absolute Gasteiger partial charge is 0.0130 e. The van der Waals surface area contributed by atoms with Crippen molar-refractivity contribution < 1.29 is 0 Å². The van der Waals surface area contributed by atoms with Crippen LogP contribution in [0.2, 0.25) is 0 Å². The molecule has 0 amide bonds. The molecule has 0 aliphatic carbocycles. The van der Waals surface area contributed by atoms with Crippen LogP contribution in [0.25, 0.3) is 0 Å². The number of hydrogen-bond donors (Lipinski definition) is 1. The minimum atomic E-state index is 0.441. The maximum Gasteiger partial charge on any atom is 0.0130 e. The summed E-state index contributed by atoms with van der Waals surface area (Å²) in [4.78, 5) is 0. The van der Waals surface area contributed by atoms with Crippen molar-refractivity contribution in [3.8, 4) is 0 Å². The molecule has 2 atom stereocenters. The normalized spacial score (nSPS) is 14.1. The first kappa shape index (κ1) is 15.8. The molecule has 2 aromatic carbocycles. The summed E-state index contributed by atoms with van der Waals surface area (Å²) in [5, 5.41) is 3.52. The number of benzene rings is 2. The van der Waals surface area contributed by atoms with Gasteiger partial charge >= 0.3 is 0 Å². The van der Waals surface area contributed by atoms with Gasteiger partial charge in [0.2, 0.25) is 0 Å². The Morgan fingerprint density at radius 3 is 1.71 bits per heavy atom. The molecule has 0 saturated heterocycles. The first-order chi connectivity index (χ1) is 10.3. The predicted octanol–water partition coefficient (Wildman–Crippen LogP) is 4.84. The molecule has 1 N–H and O–H groups in total. The maximum atomic E-state index is 3.52. The molecule has 0 fully saturated rings. The van der Waals surface area contributed by atoms with Crippen LogP contribution in [0.1, 0.15) is 43.7 Å². The van der Waals surface area contributed by atoms with E-state index in [1.54, 1.807) is 0 Å². The second kappa shape index (κ2) is 7.99. The van der Waals surface area contributed by atoms with Gasteiger partial charge in [-0.2, -0.15) is 0 Å². The second-order valence-corrected chi connectivity index (χ2v) is 5.84. The highest BCUT2D eigenvalue weighted by Gasteiger charge is 2.26. The van der Waals surface area contributed by atoms with E-state index in [9.17, 15) is 0 Å². The summed E-state index contributed by atoms with van der Waals surface area (Å²) in [6.07, 6.45) is 2.43. The van der Waals surface area contributed by atoms with Crippen molar-refractivity contribution >= 4 is 0 Å². The fraction of sp³-hybridized carbons (Fsp3) is 0.400. The molecule has 0 bridgehead atoms. The summed E-state index contributed by atoms with van der Waals surface area (Å²) in [5.74, 6) is 0.996. The minimum absolute atomic E-state index is 0.441. The second-order valence-electron chi connectivity index (χ2n) is 5.84. The molecule has 0 aliphatic heterocycles. The summed E-state index contributed by atoms with van der Waals surface area (Å²) in [6.45, 7) is 4.64. The fourth-order valence-electron chi connectivity index (χ4n) is 3.33. The van der Waals surface area contributed by atoms with Gasteiger partial charge in [0.1, 0.15) is 0 Å². The van der Waals surface area contributed by atoms with Crippen LogP contribution in [0, 0.1) is 5.92 Å². The van der Waals surface area contributed by atoms with Crippen molar-refractivity contribution in [3.63, 3.8) is 0 Å². The van der Waals surface area contributed by atoms with Crippen LogP contribution in [0.5, 0.6) is 0 Å². The summed E-state index contributed by atoms with van der Waals surface area (Å²) >= 11 is 0. The summed E-state index contributed by atoms with van der Waals surface area (Å²) in [5.41, 5.74) is 2.82. The predicted molar refractivity (Wildman–Crippen MR) is 91.6 cm³/mol. The van der Waals surface area contributed by atoms with Gasteiger partial charge in [-0.15, -0.1) is 0 Å². The van der Waals surface area contributed by atoms with E-state index in [4.69, 9.17) is 0 Å². The van der Waals surface area contributed by atoms with Crippen molar-refractivity contribution in [2.45, 2.75) is 38.6 Å². The highest BCUT2D eigenvalue weighted by molar-refractivity contribution is 5.33. The van der Waals surface area contributed by atoms with Gasteiger partial charge in [-0.05, 0) is 30.5 Å². The zero-order chi connectivity index (χ0) is 15.1. The van der Waals surface area contributed by atoms with Gasteiger partial charge in [0.15, 0.2) is 0 Å². The monoisotopic (exact) mass is 281 g/mol. The molecule has 112 valence electrons. The maximum absolute atomic E-state index is 3.52. The van der Waals surface area contributed by atoms with Crippen molar-refractivity contribution in [2.24, 2.45) is 5.92 Å². The highest BCUT2D eigenvalue weighted by atomic mass is 14.9. The van der Waals surface area contributed by atoms with E-state index in [0.717, 1.165) is 0 Å². The van der Waals surface area contributed by atoms with Gasteiger partial charge in [0.05, 0.1) is 0 Å². The molecule has 0 aliphatic rings. The van der Waals surface area contributed by atoms with E-state index >= 15 is 0 Å². The Bertz CT molecular complexity index is 466. The van der Waals surface area contributed by atoms with Gasteiger partial charge < -0.3 is 5.32 Å². The average Bonchev–Trinajstić information content (AvgIpc) is 2.55. The van der Waals surface area contributed by atoms with E-state index in [1.807, 2.05) is 0 Å². The van der Waals surface area contributed by atoms with E-state index < -0.39 is 0 Å². The van der Waals surface area contributed by atoms with Crippen LogP contribution in [0.15, 0.2) is 60.7 Å². The number of hydrogen-bond acceptors (Lipinski definition) is 1. The van der Waals surface area contributed by atoms with Gasteiger partial charge in [0.25, 0.3) is 0 Å². The Labute approximate surface area is 129 Å². The quantitative estimate of drug-likeness (QED) is 0.765. The Balaban J connectivity index is 2.37. The third kappa shape index (κ3) is 3.95. The molecule has 2 unspecified atom stereocenters. The average molecular weight is 281 g/mol. The van der Waals surface area contributed by atoms with Crippen LogP contribution in [-0.2, 0) is 0 Å². The van der Waals surface area contributed by atoms with Crippen LogP contribution >= 0.6 is 0 Å². The first-order valence-corrected chi connectivity index (χ1v) is 8.05. The van der Waals surface area contributed by atoms with E-state index in [1.165, 1.54) is 24.0 Å². The molecule has 0 saturated carbocycles. The van der Waals surface area contributed by atoms with Crippen LogP contribution in [0.4, 0.5) is 0 Å². The molecular formula is C20H27N. The molecule has 2 rings (SSSR count). The van der Waals surface area contributed by atoms with Crippen molar-refractivity contribution in [1.29, 1.82) is 0 Å². The molecule has 21 heavy (non-hydrogen) atoms. The van der Waals surface area contributed by atoms with Crippen molar-refractivity contribution in [2.75, 3.05) is 7.05 Å². The van der Waals surface area contributed by atoms with Crippen LogP contribution < -0.4 is 5.32 Å². The van der Waals surface area contributed by atoms with Crippen LogP contribution in [-0.4, -0.2) is 13.1 Å². The van der Waals surface area contributed by atoms with Gasteiger partial charge in [0, 0.05) is 12.0 Å². The largest absolute Gasteiger partial charge is 0.317 e. The number of rotatable bonds is 7. The lowest BCUT2D eigenvalue weighted by molar-refractivity contribution is 0.344. The summed E-state index contributed by atoms with van der Waals surface area (Å²) in [6, 6.07) is 22.3. The van der Waals surface area contributed by atoms with Crippen LogP contribution in [0.3, 0.4) is 0 Å².